The fourth-order valence-electron chi connectivity index (χ4n) is 2.36. The van der Waals surface area contributed by atoms with Gasteiger partial charge in [0.05, 0.1) is 12.4 Å². The van der Waals surface area contributed by atoms with Crippen molar-refractivity contribution >= 4 is 11.8 Å². The zero-order valence-electron chi connectivity index (χ0n) is 10.7. The summed E-state index contributed by atoms with van der Waals surface area (Å²) in [7, 11) is 0. The number of nitrogens with zero attached hydrogens (tertiary/aromatic N) is 3. The summed E-state index contributed by atoms with van der Waals surface area (Å²) < 4.78 is 2.26. The van der Waals surface area contributed by atoms with Crippen molar-refractivity contribution < 1.29 is 5.11 Å². The lowest BCUT2D eigenvalue weighted by Gasteiger charge is -2.14. The van der Waals surface area contributed by atoms with Gasteiger partial charge in [0.25, 0.3) is 0 Å². The van der Waals surface area contributed by atoms with E-state index in [-0.39, 0.29) is 6.61 Å². The van der Waals surface area contributed by atoms with Crippen LogP contribution in [0.3, 0.4) is 0 Å². The molecule has 4 nitrogen and oxygen atoms in total. The Morgan fingerprint density at radius 1 is 1.26 bits per heavy atom. The van der Waals surface area contributed by atoms with Crippen molar-refractivity contribution in [2.45, 2.75) is 43.1 Å². The van der Waals surface area contributed by atoms with Crippen molar-refractivity contribution in [3.05, 3.63) is 41.5 Å². The van der Waals surface area contributed by atoms with Crippen molar-refractivity contribution in [3.63, 3.8) is 0 Å². The van der Waals surface area contributed by atoms with Crippen LogP contribution in [0.15, 0.2) is 29.2 Å². The molecule has 0 unspecified atom stereocenters. The number of hydrogen-bond acceptors (Lipinski definition) is 4. The second-order valence-corrected chi connectivity index (χ2v) is 5.78. The monoisotopic (exact) mass is 275 g/mol. The van der Waals surface area contributed by atoms with Gasteiger partial charge in [0.2, 0.25) is 0 Å². The molecule has 1 aliphatic heterocycles. The standard InChI is InChI=1S/C14H17N3OS/c18-9-11-4-3-5-12(8-11)19-10-14-16-15-13-6-1-2-7-17(13)14/h3-5,8,18H,1-2,6-7,9-10H2. The molecule has 0 atom stereocenters. The Bertz CT molecular complexity index is 568. The maximum atomic E-state index is 9.14. The number of aryl methyl sites for hydroxylation is 1. The zero-order valence-corrected chi connectivity index (χ0v) is 11.6. The van der Waals surface area contributed by atoms with Crippen molar-refractivity contribution in [1.29, 1.82) is 0 Å². The summed E-state index contributed by atoms with van der Waals surface area (Å²) in [5.41, 5.74) is 0.952. The average molecular weight is 275 g/mol. The van der Waals surface area contributed by atoms with E-state index in [1.165, 1.54) is 17.7 Å². The second-order valence-electron chi connectivity index (χ2n) is 4.74. The van der Waals surface area contributed by atoms with E-state index in [1.807, 2.05) is 18.2 Å². The Morgan fingerprint density at radius 2 is 2.21 bits per heavy atom. The summed E-state index contributed by atoms with van der Waals surface area (Å²) in [5.74, 6) is 3.03. The first-order chi connectivity index (χ1) is 9.36. The van der Waals surface area contributed by atoms with Crippen molar-refractivity contribution in [1.82, 2.24) is 14.8 Å². The lowest BCUT2D eigenvalue weighted by atomic mass is 10.2. The molecule has 0 saturated carbocycles. The van der Waals surface area contributed by atoms with Crippen LogP contribution >= 0.6 is 11.8 Å². The van der Waals surface area contributed by atoms with Gasteiger partial charge in [0.15, 0.2) is 0 Å². The molecule has 2 heterocycles. The van der Waals surface area contributed by atoms with Gasteiger partial charge in [-0.1, -0.05) is 12.1 Å². The molecule has 19 heavy (non-hydrogen) atoms. The highest BCUT2D eigenvalue weighted by atomic mass is 32.2. The molecule has 0 saturated heterocycles. The van der Waals surface area contributed by atoms with Crippen molar-refractivity contribution in [2.24, 2.45) is 0 Å². The van der Waals surface area contributed by atoms with Crippen LogP contribution in [0.2, 0.25) is 0 Å². The fraction of sp³-hybridized carbons (Fsp3) is 0.429. The van der Waals surface area contributed by atoms with Gasteiger partial charge in [0, 0.05) is 17.9 Å². The summed E-state index contributed by atoms with van der Waals surface area (Å²) in [4.78, 5) is 1.17. The SMILES string of the molecule is OCc1cccc(SCc2nnc3n2CCCC3)c1. The number of hydrogen-bond donors (Lipinski definition) is 1. The van der Waals surface area contributed by atoms with Gasteiger partial charge in [-0.2, -0.15) is 0 Å². The largest absolute Gasteiger partial charge is 0.392 e. The number of aliphatic hydroxyl groups excluding tert-OH is 1. The normalized spacial score (nSPS) is 14.4. The Balaban J connectivity index is 1.70. The van der Waals surface area contributed by atoms with Crippen LogP contribution in [0.5, 0.6) is 0 Å². The molecule has 0 spiro atoms. The molecule has 2 aromatic rings. The molecule has 1 aromatic heterocycles. The number of aliphatic hydroxyl groups is 1. The smallest absolute Gasteiger partial charge is 0.143 e. The zero-order chi connectivity index (χ0) is 13.1. The van der Waals surface area contributed by atoms with E-state index in [0.717, 1.165) is 35.9 Å². The second kappa shape index (κ2) is 5.75. The molecule has 0 aliphatic carbocycles. The quantitative estimate of drug-likeness (QED) is 0.871. The highest BCUT2D eigenvalue weighted by Crippen LogP contribution is 2.24. The highest BCUT2D eigenvalue weighted by Gasteiger charge is 2.15. The molecular formula is C14H17N3OS. The van der Waals surface area contributed by atoms with Gasteiger partial charge in [-0.15, -0.1) is 22.0 Å². The van der Waals surface area contributed by atoms with Gasteiger partial charge in [-0.25, -0.2) is 0 Å². The van der Waals surface area contributed by atoms with E-state index in [4.69, 9.17) is 5.11 Å². The molecular weight excluding hydrogens is 258 g/mol. The first-order valence-electron chi connectivity index (χ1n) is 6.60. The van der Waals surface area contributed by atoms with E-state index in [1.54, 1.807) is 11.8 Å². The van der Waals surface area contributed by atoms with Crippen LogP contribution in [0, 0.1) is 0 Å². The third kappa shape index (κ3) is 2.82. The van der Waals surface area contributed by atoms with Gasteiger partial charge < -0.3 is 9.67 Å². The maximum absolute atomic E-state index is 9.14. The Hall–Kier alpha value is -1.33. The third-order valence-electron chi connectivity index (χ3n) is 3.39. The van der Waals surface area contributed by atoms with E-state index >= 15 is 0 Å². The molecule has 0 bridgehead atoms. The molecule has 100 valence electrons. The summed E-state index contributed by atoms with van der Waals surface area (Å²) >= 11 is 1.75. The molecule has 5 heteroatoms. The van der Waals surface area contributed by atoms with E-state index in [9.17, 15) is 0 Å². The number of rotatable bonds is 4. The summed E-state index contributed by atoms with van der Waals surface area (Å²) in [6, 6.07) is 8.01. The van der Waals surface area contributed by atoms with Gasteiger partial charge in [-0.05, 0) is 30.5 Å². The van der Waals surface area contributed by atoms with Crippen LogP contribution in [-0.4, -0.2) is 19.9 Å². The molecule has 0 radical (unpaired) electrons. The fourth-order valence-corrected chi connectivity index (χ4v) is 3.28. The Kier molecular flexibility index (Phi) is 3.84. The van der Waals surface area contributed by atoms with Crippen LogP contribution in [0.4, 0.5) is 0 Å². The number of aromatic nitrogens is 3. The molecule has 1 aromatic carbocycles. The molecule has 0 amide bonds. The van der Waals surface area contributed by atoms with Crippen LogP contribution < -0.4 is 0 Å². The topological polar surface area (TPSA) is 50.9 Å². The maximum Gasteiger partial charge on any atom is 0.143 e. The predicted molar refractivity (Wildman–Crippen MR) is 74.9 cm³/mol. The van der Waals surface area contributed by atoms with E-state index in [2.05, 4.69) is 20.8 Å². The first kappa shape index (κ1) is 12.7. The molecule has 0 fully saturated rings. The van der Waals surface area contributed by atoms with Crippen LogP contribution in [-0.2, 0) is 25.3 Å². The minimum absolute atomic E-state index is 0.0920. The highest BCUT2D eigenvalue weighted by molar-refractivity contribution is 7.98. The number of thioether (sulfide) groups is 1. The predicted octanol–water partition coefficient (Wildman–Crippen LogP) is 2.40. The number of benzene rings is 1. The molecule has 3 rings (SSSR count). The molecule has 1 N–H and O–H groups in total. The first-order valence-corrected chi connectivity index (χ1v) is 7.59. The Labute approximate surface area is 116 Å². The van der Waals surface area contributed by atoms with Crippen molar-refractivity contribution in [3.8, 4) is 0 Å². The van der Waals surface area contributed by atoms with Gasteiger partial charge in [0.1, 0.15) is 11.6 Å². The molecule has 1 aliphatic rings. The van der Waals surface area contributed by atoms with E-state index in [0.29, 0.717) is 0 Å². The lowest BCUT2D eigenvalue weighted by molar-refractivity contribution is 0.281. The summed E-state index contributed by atoms with van der Waals surface area (Å²) in [5, 5.41) is 17.7. The average Bonchev–Trinajstić information content (AvgIpc) is 2.89. The number of fused-ring (bicyclic) bond motifs is 1. The minimum Gasteiger partial charge on any atom is -0.392 e. The van der Waals surface area contributed by atoms with Gasteiger partial charge >= 0.3 is 0 Å². The van der Waals surface area contributed by atoms with Crippen molar-refractivity contribution in [2.75, 3.05) is 0 Å². The summed E-state index contributed by atoms with van der Waals surface area (Å²) in [6.45, 7) is 1.14. The van der Waals surface area contributed by atoms with E-state index < -0.39 is 0 Å². The summed E-state index contributed by atoms with van der Waals surface area (Å²) in [6.07, 6.45) is 3.50. The Morgan fingerprint density at radius 3 is 3.11 bits per heavy atom. The van der Waals surface area contributed by atoms with Crippen LogP contribution in [0.1, 0.15) is 30.1 Å². The van der Waals surface area contributed by atoms with Crippen LogP contribution in [0.25, 0.3) is 0 Å². The lowest BCUT2D eigenvalue weighted by Crippen LogP contribution is -2.12. The minimum atomic E-state index is 0.0920. The third-order valence-corrected chi connectivity index (χ3v) is 4.37. The van der Waals surface area contributed by atoms with Gasteiger partial charge in [-0.3, -0.25) is 0 Å².